The van der Waals surface area contributed by atoms with Gasteiger partial charge in [-0.1, -0.05) is 41.6 Å². The summed E-state index contributed by atoms with van der Waals surface area (Å²) in [5, 5.41) is 0.509. The van der Waals surface area contributed by atoms with Crippen molar-refractivity contribution in [3.8, 4) is 0 Å². The molecule has 0 unspecified atom stereocenters. The topological polar surface area (TPSA) is 33.2 Å². The third kappa shape index (κ3) is 2.92. The Hall–Kier alpha value is -1.56. The molecule has 6 heteroatoms. The van der Waals surface area contributed by atoms with E-state index in [1.165, 1.54) is 17.3 Å². The molecule has 0 aliphatic carbocycles. The lowest BCUT2D eigenvalue weighted by atomic mass is 10.2. The molecule has 0 spiro atoms. The summed E-state index contributed by atoms with van der Waals surface area (Å²) in [5.41, 5.74) is 3.19. The number of thiazole rings is 1. The number of amides is 1. The van der Waals surface area contributed by atoms with Gasteiger partial charge in [-0.05, 0) is 43.2 Å². The van der Waals surface area contributed by atoms with Gasteiger partial charge in [-0.25, -0.2) is 4.98 Å². The van der Waals surface area contributed by atoms with Crippen LogP contribution in [0.15, 0.2) is 46.8 Å². The van der Waals surface area contributed by atoms with Crippen molar-refractivity contribution in [3.05, 3.63) is 53.1 Å². The summed E-state index contributed by atoms with van der Waals surface area (Å²) in [5.74, 6) is 0.141. The fraction of sp³-hybridized carbons (Fsp3) is 0.222. The Morgan fingerprint density at radius 3 is 3.04 bits per heavy atom. The van der Waals surface area contributed by atoms with E-state index in [1.807, 2.05) is 48.2 Å². The molecular weight excluding hydrogens is 360 g/mol. The molecule has 2 heterocycles. The number of anilines is 1. The highest BCUT2D eigenvalue weighted by Crippen LogP contribution is 2.35. The predicted molar refractivity (Wildman–Crippen MR) is 102 cm³/mol. The Balaban J connectivity index is 1.53. The highest BCUT2D eigenvalue weighted by Gasteiger charge is 2.28. The zero-order valence-corrected chi connectivity index (χ0v) is 15.4. The number of aromatic nitrogens is 1. The van der Waals surface area contributed by atoms with Gasteiger partial charge >= 0.3 is 0 Å². The number of para-hydroxylation sites is 1. The molecule has 2 aromatic carbocycles. The molecule has 1 aliphatic heterocycles. The molecule has 0 bridgehead atoms. The van der Waals surface area contributed by atoms with E-state index in [9.17, 15) is 4.79 Å². The summed E-state index contributed by atoms with van der Waals surface area (Å²) in [6.45, 7) is 2.71. The number of hydrogen-bond acceptors (Lipinski definition) is 4. The zero-order valence-electron chi connectivity index (χ0n) is 13.0. The summed E-state index contributed by atoms with van der Waals surface area (Å²) < 4.78 is 1.99. The van der Waals surface area contributed by atoms with Gasteiger partial charge < -0.3 is 4.90 Å². The molecule has 3 nitrogen and oxygen atoms in total. The molecule has 122 valence electrons. The second kappa shape index (κ2) is 6.39. The summed E-state index contributed by atoms with van der Waals surface area (Å²) in [7, 11) is 0. The second-order valence-corrected chi connectivity index (χ2v) is 8.78. The van der Waals surface area contributed by atoms with Crippen LogP contribution in [-0.2, 0) is 11.2 Å². The highest BCUT2D eigenvalue weighted by atomic mass is 35.5. The van der Waals surface area contributed by atoms with Crippen LogP contribution in [0.25, 0.3) is 10.2 Å². The van der Waals surface area contributed by atoms with Gasteiger partial charge in [0.25, 0.3) is 0 Å². The highest BCUT2D eigenvalue weighted by molar-refractivity contribution is 8.02. The third-order valence-electron chi connectivity index (χ3n) is 4.11. The van der Waals surface area contributed by atoms with E-state index in [4.69, 9.17) is 11.6 Å². The minimum Gasteiger partial charge on any atom is -0.311 e. The van der Waals surface area contributed by atoms with E-state index < -0.39 is 0 Å². The van der Waals surface area contributed by atoms with Gasteiger partial charge in [-0.2, -0.15) is 0 Å². The van der Waals surface area contributed by atoms with Crippen molar-refractivity contribution < 1.29 is 4.79 Å². The van der Waals surface area contributed by atoms with Gasteiger partial charge in [-0.15, -0.1) is 11.3 Å². The molecule has 3 aromatic rings. The Morgan fingerprint density at radius 2 is 2.17 bits per heavy atom. The fourth-order valence-electron chi connectivity index (χ4n) is 2.92. The molecule has 24 heavy (non-hydrogen) atoms. The summed E-state index contributed by atoms with van der Waals surface area (Å²) in [6.07, 6.45) is 0.930. The van der Waals surface area contributed by atoms with Gasteiger partial charge in [0.2, 0.25) is 5.91 Å². The first-order valence-electron chi connectivity index (χ1n) is 7.74. The van der Waals surface area contributed by atoms with Gasteiger partial charge in [0.1, 0.15) is 0 Å². The van der Waals surface area contributed by atoms with Gasteiger partial charge in [0.05, 0.1) is 15.5 Å². The van der Waals surface area contributed by atoms with Crippen molar-refractivity contribution in [1.82, 2.24) is 4.98 Å². The lowest BCUT2D eigenvalue weighted by molar-refractivity contribution is -0.117. The average Bonchev–Trinajstić information content (AvgIpc) is 3.17. The first-order valence-corrected chi connectivity index (χ1v) is 9.81. The van der Waals surface area contributed by atoms with Gasteiger partial charge in [-0.3, -0.25) is 4.79 Å². The van der Waals surface area contributed by atoms with Crippen LogP contribution in [-0.4, -0.2) is 22.7 Å². The van der Waals surface area contributed by atoms with E-state index in [-0.39, 0.29) is 11.2 Å². The van der Waals surface area contributed by atoms with Crippen LogP contribution in [0, 0.1) is 0 Å². The summed E-state index contributed by atoms with van der Waals surface area (Å²) >= 11 is 9.14. The number of thioether (sulfide) groups is 1. The van der Waals surface area contributed by atoms with Crippen LogP contribution in [0.4, 0.5) is 5.69 Å². The molecule has 0 fully saturated rings. The summed E-state index contributed by atoms with van der Waals surface area (Å²) in [6, 6.07) is 13.8. The first-order chi connectivity index (χ1) is 11.6. The van der Waals surface area contributed by atoms with Crippen LogP contribution in [0.5, 0.6) is 0 Å². The zero-order chi connectivity index (χ0) is 16.7. The molecule has 0 saturated heterocycles. The average molecular weight is 375 g/mol. The minimum atomic E-state index is -0.174. The number of carbonyl (C=O) groups excluding carboxylic acids is 1. The van der Waals surface area contributed by atoms with Crippen LogP contribution in [0.1, 0.15) is 12.5 Å². The quantitative estimate of drug-likeness (QED) is 0.603. The monoisotopic (exact) mass is 374 g/mol. The molecule has 1 amide bonds. The summed E-state index contributed by atoms with van der Waals surface area (Å²) in [4.78, 5) is 19.3. The molecule has 0 N–H and O–H groups in total. The van der Waals surface area contributed by atoms with Crippen LogP contribution >= 0.6 is 34.7 Å². The van der Waals surface area contributed by atoms with E-state index in [2.05, 4.69) is 11.1 Å². The number of carbonyl (C=O) groups is 1. The van der Waals surface area contributed by atoms with Crippen molar-refractivity contribution in [3.63, 3.8) is 0 Å². The molecule has 4 rings (SSSR count). The smallest absolute Gasteiger partial charge is 0.240 e. The van der Waals surface area contributed by atoms with E-state index >= 15 is 0 Å². The Labute approximate surface area is 153 Å². The van der Waals surface area contributed by atoms with E-state index in [0.717, 1.165) is 33.2 Å². The van der Waals surface area contributed by atoms with Crippen molar-refractivity contribution in [2.75, 3.05) is 11.4 Å². The molecular formula is C18H15ClN2OS2. The fourth-order valence-corrected chi connectivity index (χ4v) is 5.34. The van der Waals surface area contributed by atoms with Crippen molar-refractivity contribution >= 4 is 56.5 Å². The second-order valence-electron chi connectivity index (χ2n) is 5.72. The van der Waals surface area contributed by atoms with Crippen LogP contribution in [0.2, 0.25) is 5.02 Å². The number of rotatable bonds is 3. The standard InChI is InChI=1S/C18H15ClN2OS2/c1-11(17(22)21-9-8-12-4-2-3-5-15(12)21)23-18-20-14-10-13(19)6-7-16(14)24-18/h2-7,10-11H,8-9H2,1H3/t11-/m0/s1. The Bertz CT molecular complexity index is 924. The van der Waals surface area contributed by atoms with Crippen molar-refractivity contribution in [2.24, 2.45) is 0 Å². The maximum Gasteiger partial charge on any atom is 0.240 e. The molecule has 1 aliphatic rings. The normalized spacial score (nSPS) is 14.8. The number of nitrogens with zero attached hydrogens (tertiary/aromatic N) is 2. The largest absolute Gasteiger partial charge is 0.311 e. The molecule has 1 atom stereocenters. The van der Waals surface area contributed by atoms with Gasteiger partial charge in [0.15, 0.2) is 4.34 Å². The molecule has 0 radical (unpaired) electrons. The third-order valence-corrected chi connectivity index (χ3v) is 6.56. The maximum absolute atomic E-state index is 12.8. The maximum atomic E-state index is 12.8. The number of halogens is 1. The number of benzene rings is 2. The predicted octanol–water partition coefficient (Wildman–Crippen LogP) is 5.02. The van der Waals surface area contributed by atoms with Crippen LogP contribution < -0.4 is 4.90 Å². The number of fused-ring (bicyclic) bond motifs is 2. The van der Waals surface area contributed by atoms with E-state index in [1.54, 1.807) is 11.3 Å². The Kier molecular flexibility index (Phi) is 4.24. The van der Waals surface area contributed by atoms with Crippen molar-refractivity contribution in [2.45, 2.75) is 22.9 Å². The van der Waals surface area contributed by atoms with E-state index in [0.29, 0.717) is 5.02 Å². The lowest BCUT2D eigenvalue weighted by Crippen LogP contribution is -2.35. The van der Waals surface area contributed by atoms with Gasteiger partial charge in [0, 0.05) is 17.3 Å². The van der Waals surface area contributed by atoms with Crippen molar-refractivity contribution in [1.29, 1.82) is 0 Å². The minimum absolute atomic E-state index is 0.141. The molecule has 0 saturated carbocycles. The Morgan fingerprint density at radius 1 is 1.33 bits per heavy atom. The lowest BCUT2D eigenvalue weighted by Gasteiger charge is -2.20. The number of hydrogen-bond donors (Lipinski definition) is 0. The first kappa shape index (κ1) is 15.9. The van der Waals surface area contributed by atoms with Crippen LogP contribution in [0.3, 0.4) is 0 Å². The molecule has 1 aromatic heterocycles. The SMILES string of the molecule is C[C@H](Sc1nc2cc(Cl)ccc2s1)C(=O)N1CCc2ccccc21.